The number of anilines is 2. The van der Waals surface area contributed by atoms with Crippen LogP contribution in [-0.2, 0) is 21.2 Å². The fourth-order valence-electron chi connectivity index (χ4n) is 5.71. The second kappa shape index (κ2) is 8.65. The van der Waals surface area contributed by atoms with Crippen LogP contribution >= 0.6 is 0 Å². The van der Waals surface area contributed by atoms with E-state index in [1.165, 1.54) is 0 Å². The lowest BCUT2D eigenvalue weighted by Crippen LogP contribution is -2.44. The lowest BCUT2D eigenvalue weighted by Gasteiger charge is -2.36. The van der Waals surface area contributed by atoms with Crippen molar-refractivity contribution in [1.82, 2.24) is 9.97 Å². The molecule has 2 aliphatic heterocycles. The molecule has 0 aliphatic carbocycles. The maximum absolute atomic E-state index is 12.9. The van der Waals surface area contributed by atoms with Gasteiger partial charge in [-0.1, -0.05) is 48.3 Å². The molecule has 9 heteroatoms. The topological polar surface area (TPSA) is 67.4 Å². The van der Waals surface area contributed by atoms with E-state index in [1.807, 2.05) is 46.0 Å². The number of hydrogen-bond donors (Lipinski definition) is 1. The van der Waals surface area contributed by atoms with E-state index >= 15 is 0 Å². The molecule has 2 aliphatic rings. The quantitative estimate of drug-likeness (QED) is 0.576. The molecule has 1 N–H and O–H groups in total. The molecule has 1 unspecified atom stereocenters. The summed E-state index contributed by atoms with van der Waals surface area (Å²) in [6.45, 7) is 8.43. The summed E-state index contributed by atoms with van der Waals surface area (Å²) in [6.07, 6.45) is 0.679. The van der Waals surface area contributed by atoms with Crippen molar-refractivity contribution in [1.29, 1.82) is 0 Å². The average Bonchev–Trinajstić information content (AvgIpc) is 3.06. The van der Waals surface area contributed by atoms with Crippen LogP contribution in [0, 0.1) is 12.3 Å². The molecule has 179 valence electrons. The second-order valence-electron chi connectivity index (χ2n) is 10.9. The molecule has 3 heterocycles. The number of aryl methyl sites for hydroxylation is 1. The number of carbonyl (C=O) groups is 1. The molecule has 0 spiro atoms. The van der Waals surface area contributed by atoms with Gasteiger partial charge in [-0.15, -0.1) is 0 Å². The third kappa shape index (κ3) is 3.92. The minimum atomic E-state index is -0.983. The molecule has 3 aromatic rings. The molecule has 1 aromatic heterocycles. The standard InChI is InChI=1S/C27H30B3N4O2/c1-14(17-8-7-9-19-23(17)30-22(13-36-6)27(19,28)29)31-24-18-11-21-16(10-20(18)32-15(2)33-24)12-26(3,4)25(35)34(21)5/h7-11,14,22H,12-13H2,1-6H3,(H,31,32,33)/t14-,22?/m1/s1. The molecule has 36 heavy (non-hydrogen) atoms. The number of benzene rings is 2. The van der Waals surface area contributed by atoms with Crippen molar-refractivity contribution in [2.45, 2.75) is 51.2 Å². The number of ether oxygens (including phenoxy) is 1. The van der Waals surface area contributed by atoms with Crippen LogP contribution in [0.15, 0.2) is 30.3 Å². The summed E-state index contributed by atoms with van der Waals surface area (Å²) in [4.78, 5) is 24.1. The van der Waals surface area contributed by atoms with Crippen LogP contribution in [0.25, 0.3) is 10.9 Å². The molecular weight excluding hydrogens is 445 g/mol. The van der Waals surface area contributed by atoms with E-state index in [0.29, 0.717) is 18.9 Å². The SMILES string of the molecule is [B]C1([B])c2cccc([C@@H](C)Nc3nc(C)nc4cc5c(cc34)N(C)C(=O)C(C)(C)C5)c2[B]C1COC. The van der Waals surface area contributed by atoms with Crippen LogP contribution in [0.2, 0.25) is 5.82 Å². The number of nitrogens with zero attached hydrogens (tertiary/aromatic N) is 3. The predicted octanol–water partition coefficient (Wildman–Crippen LogP) is 2.92. The van der Waals surface area contributed by atoms with Gasteiger partial charge in [0.25, 0.3) is 0 Å². The van der Waals surface area contributed by atoms with E-state index in [9.17, 15) is 4.79 Å². The molecule has 0 saturated carbocycles. The van der Waals surface area contributed by atoms with Gasteiger partial charge in [0.1, 0.15) is 11.6 Å². The van der Waals surface area contributed by atoms with Crippen LogP contribution in [0.3, 0.4) is 0 Å². The minimum Gasteiger partial charge on any atom is -0.385 e. The van der Waals surface area contributed by atoms with Gasteiger partial charge >= 0.3 is 0 Å². The summed E-state index contributed by atoms with van der Waals surface area (Å²) in [7, 11) is 18.7. The van der Waals surface area contributed by atoms with Gasteiger partial charge in [-0.3, -0.25) is 4.79 Å². The summed E-state index contributed by atoms with van der Waals surface area (Å²) in [6, 6.07) is 10.1. The summed E-state index contributed by atoms with van der Waals surface area (Å²) in [5, 5.41) is 3.51. The first-order valence-electron chi connectivity index (χ1n) is 12.3. The van der Waals surface area contributed by atoms with Crippen molar-refractivity contribution in [3.63, 3.8) is 0 Å². The molecule has 2 atom stereocenters. The van der Waals surface area contributed by atoms with E-state index in [2.05, 4.69) is 31.7 Å². The first-order chi connectivity index (χ1) is 16.9. The monoisotopic (exact) mass is 475 g/mol. The first-order valence-corrected chi connectivity index (χ1v) is 12.3. The highest BCUT2D eigenvalue weighted by Crippen LogP contribution is 2.40. The number of methoxy groups -OCH3 is 1. The maximum atomic E-state index is 12.9. The highest BCUT2D eigenvalue weighted by atomic mass is 16.5. The van der Waals surface area contributed by atoms with Crippen LogP contribution in [0.4, 0.5) is 11.5 Å². The lowest BCUT2D eigenvalue weighted by molar-refractivity contribution is -0.126. The van der Waals surface area contributed by atoms with Gasteiger partial charge in [-0.05, 0) is 49.3 Å². The van der Waals surface area contributed by atoms with Gasteiger partial charge in [0.15, 0.2) is 7.28 Å². The Balaban J connectivity index is 1.55. The zero-order valence-electron chi connectivity index (χ0n) is 21.8. The average molecular weight is 475 g/mol. The molecule has 0 fully saturated rings. The van der Waals surface area contributed by atoms with Crippen LogP contribution in [0.1, 0.15) is 49.3 Å². The van der Waals surface area contributed by atoms with Gasteiger partial charge in [-0.25, -0.2) is 9.97 Å². The highest BCUT2D eigenvalue weighted by molar-refractivity contribution is 6.65. The highest BCUT2D eigenvalue weighted by Gasteiger charge is 2.40. The Morgan fingerprint density at radius 3 is 2.75 bits per heavy atom. The fraction of sp³-hybridized carbons (Fsp3) is 0.444. The van der Waals surface area contributed by atoms with Gasteiger partial charge < -0.3 is 15.0 Å². The molecule has 5 rings (SSSR count). The van der Waals surface area contributed by atoms with Gasteiger partial charge in [0.2, 0.25) is 5.91 Å². The van der Waals surface area contributed by atoms with E-state index in [1.54, 1.807) is 12.0 Å². The van der Waals surface area contributed by atoms with Gasteiger partial charge in [-0.2, -0.15) is 0 Å². The molecular formula is C27H30B3N4O2. The van der Waals surface area contributed by atoms with Gasteiger partial charge in [0.05, 0.1) is 21.2 Å². The van der Waals surface area contributed by atoms with Crippen molar-refractivity contribution in [3.05, 3.63) is 52.8 Å². The Bertz CT molecular complexity index is 1370. The van der Waals surface area contributed by atoms with E-state index in [0.717, 1.165) is 44.6 Å². The molecule has 1 amide bonds. The van der Waals surface area contributed by atoms with Crippen molar-refractivity contribution in [2.24, 2.45) is 5.41 Å². The van der Waals surface area contributed by atoms with Crippen molar-refractivity contribution < 1.29 is 9.53 Å². The summed E-state index contributed by atoms with van der Waals surface area (Å²) in [5.74, 6) is 1.41. The fourth-order valence-corrected chi connectivity index (χ4v) is 5.71. The lowest BCUT2D eigenvalue weighted by atomic mass is 9.43. The third-order valence-electron chi connectivity index (χ3n) is 7.64. The predicted molar refractivity (Wildman–Crippen MR) is 148 cm³/mol. The van der Waals surface area contributed by atoms with Crippen LogP contribution < -0.4 is 15.7 Å². The second-order valence-corrected chi connectivity index (χ2v) is 10.9. The van der Waals surface area contributed by atoms with Crippen LogP contribution in [0.5, 0.6) is 0 Å². The molecule has 2 aromatic carbocycles. The molecule has 0 saturated heterocycles. The Labute approximate surface area is 216 Å². The van der Waals surface area contributed by atoms with E-state index in [4.69, 9.17) is 30.4 Å². The molecule has 0 bridgehead atoms. The minimum absolute atomic E-state index is 0.0832. The smallest absolute Gasteiger partial charge is 0.232 e. The zero-order chi connectivity index (χ0) is 26.0. The maximum Gasteiger partial charge on any atom is 0.232 e. The number of nitrogens with one attached hydrogen (secondary N) is 1. The number of fused-ring (bicyclic) bond motifs is 3. The van der Waals surface area contributed by atoms with Crippen molar-refractivity contribution in [2.75, 3.05) is 31.0 Å². The normalized spacial score (nSPS) is 20.6. The molecule has 6 nitrogen and oxygen atoms in total. The van der Waals surface area contributed by atoms with Gasteiger partial charge in [0, 0.05) is 43.3 Å². The van der Waals surface area contributed by atoms with Crippen LogP contribution in [-0.4, -0.2) is 59.6 Å². The first kappa shape index (κ1) is 24.9. The number of hydrogen-bond acceptors (Lipinski definition) is 5. The summed E-state index contributed by atoms with van der Waals surface area (Å²) >= 11 is 0. The number of carbonyl (C=O) groups excluding carboxylic acids is 1. The van der Waals surface area contributed by atoms with Crippen molar-refractivity contribution >= 4 is 56.8 Å². The summed E-state index contributed by atoms with van der Waals surface area (Å²) in [5.41, 5.74) is 5.49. The van der Waals surface area contributed by atoms with E-state index < -0.39 is 10.6 Å². The number of aromatic nitrogens is 2. The Morgan fingerprint density at radius 2 is 2.03 bits per heavy atom. The van der Waals surface area contributed by atoms with Crippen molar-refractivity contribution in [3.8, 4) is 0 Å². The Hall–Kier alpha value is -2.80. The number of rotatable bonds is 5. The summed E-state index contributed by atoms with van der Waals surface area (Å²) < 4.78 is 5.37. The third-order valence-corrected chi connectivity index (χ3v) is 7.64. The Kier molecular flexibility index (Phi) is 5.98. The molecule has 5 radical (unpaired) electrons. The Morgan fingerprint density at radius 1 is 1.28 bits per heavy atom. The number of amides is 1. The van der Waals surface area contributed by atoms with E-state index in [-0.39, 0.29) is 17.8 Å². The largest absolute Gasteiger partial charge is 0.385 e. The zero-order valence-corrected chi connectivity index (χ0v) is 21.8.